The number of imidazole rings is 2. The summed E-state index contributed by atoms with van der Waals surface area (Å²) < 4.78 is 34.5. The van der Waals surface area contributed by atoms with Crippen molar-refractivity contribution in [3.8, 4) is 11.4 Å². The summed E-state index contributed by atoms with van der Waals surface area (Å²) in [4.78, 5) is 49.5. The number of carbonyl (C=O) groups excluding carboxylic acids is 2. The summed E-state index contributed by atoms with van der Waals surface area (Å²) in [6, 6.07) is 18.2. The lowest BCUT2D eigenvalue weighted by Gasteiger charge is -2.21. The van der Waals surface area contributed by atoms with Crippen molar-refractivity contribution in [3.05, 3.63) is 87.7 Å². The van der Waals surface area contributed by atoms with E-state index < -0.39 is 21.8 Å². The molecule has 2 amide bonds. The highest BCUT2D eigenvalue weighted by molar-refractivity contribution is 7.85. The molecule has 4 heterocycles. The van der Waals surface area contributed by atoms with Crippen molar-refractivity contribution < 1.29 is 22.6 Å². The Hall–Kier alpha value is -5.40. The van der Waals surface area contributed by atoms with Gasteiger partial charge in [0.15, 0.2) is 0 Å². The van der Waals surface area contributed by atoms with Crippen molar-refractivity contribution in [3.63, 3.8) is 0 Å². The Morgan fingerprint density at radius 3 is 2.26 bits per heavy atom. The normalized spacial score (nSPS) is 12.8. The van der Waals surface area contributed by atoms with Crippen molar-refractivity contribution in [1.29, 1.82) is 0 Å². The Balaban J connectivity index is 1.24. The van der Waals surface area contributed by atoms with E-state index >= 15 is 0 Å². The van der Waals surface area contributed by atoms with E-state index in [1.807, 2.05) is 43.3 Å². The average molecular weight is 649 g/mol. The average Bonchev–Trinajstić information content (AvgIpc) is 3.63. The first kappa shape index (κ1) is 29.0. The van der Waals surface area contributed by atoms with Crippen LogP contribution in [0.4, 0.5) is 0 Å². The molecule has 3 N–H and O–H groups in total. The van der Waals surface area contributed by atoms with Crippen LogP contribution in [0.1, 0.15) is 46.0 Å². The molecule has 7 aromatic rings. The van der Waals surface area contributed by atoms with Crippen molar-refractivity contribution in [2.75, 3.05) is 18.8 Å². The number of carbonyl (C=O) groups is 2. The monoisotopic (exact) mass is 648 g/mol. The fourth-order valence-corrected chi connectivity index (χ4v) is 7.18. The highest BCUT2D eigenvalue weighted by atomic mass is 32.2. The third-order valence-corrected chi connectivity index (χ3v) is 9.62. The molecule has 0 fully saturated rings. The fourth-order valence-electron chi connectivity index (χ4n) is 6.67. The van der Waals surface area contributed by atoms with Crippen LogP contribution in [0.2, 0.25) is 0 Å². The highest BCUT2D eigenvalue weighted by Crippen LogP contribution is 2.42. The molecule has 0 saturated heterocycles. The number of rotatable bonds is 8. The fraction of sp³-hybridized carbons (Fsp3) is 0.206. The molecule has 1 aliphatic rings. The lowest BCUT2D eigenvalue weighted by Crippen LogP contribution is -2.26. The van der Waals surface area contributed by atoms with Crippen molar-refractivity contribution in [2.24, 2.45) is 0 Å². The van der Waals surface area contributed by atoms with Crippen LogP contribution in [-0.2, 0) is 16.7 Å². The SMILES string of the molecule is CCCNC(=O)c1ccc2nc3n(c2c1)Cc1ccc2c4c1c-3ccc4c(=O)n1c3cc(C(=O)NCCCS(=O)(=O)O)ccc3nc21. The molecule has 0 unspecified atom stereocenters. The second-order valence-corrected chi connectivity index (χ2v) is 13.4. The van der Waals surface area contributed by atoms with Gasteiger partial charge in [-0.3, -0.25) is 23.3 Å². The van der Waals surface area contributed by atoms with Crippen LogP contribution in [0.15, 0.2) is 65.5 Å². The molecule has 0 radical (unpaired) electrons. The minimum Gasteiger partial charge on any atom is -0.352 e. The maximum absolute atomic E-state index is 14.1. The third-order valence-electron chi connectivity index (χ3n) is 8.82. The van der Waals surface area contributed by atoms with Crippen LogP contribution < -0.4 is 16.2 Å². The Labute approximate surface area is 267 Å². The number of hydrogen-bond donors (Lipinski definition) is 3. The first-order chi connectivity index (χ1) is 22.6. The van der Waals surface area contributed by atoms with Gasteiger partial charge in [0.2, 0.25) is 0 Å². The Morgan fingerprint density at radius 2 is 1.53 bits per heavy atom. The molecule has 13 heteroatoms. The van der Waals surface area contributed by atoms with Gasteiger partial charge in [0.05, 0.1) is 34.4 Å². The van der Waals surface area contributed by atoms with Gasteiger partial charge in [0.25, 0.3) is 27.5 Å². The molecule has 4 aromatic carbocycles. The third kappa shape index (κ3) is 4.61. The Bertz CT molecular complexity index is 2640. The molecular weight excluding hydrogens is 620 g/mol. The van der Waals surface area contributed by atoms with E-state index in [4.69, 9.17) is 14.5 Å². The molecule has 0 aliphatic carbocycles. The molecule has 0 atom stereocenters. The summed E-state index contributed by atoms with van der Waals surface area (Å²) in [5.74, 6) is -0.246. The van der Waals surface area contributed by atoms with Crippen molar-refractivity contribution in [2.45, 2.75) is 26.3 Å². The minimum absolute atomic E-state index is 0.0589. The van der Waals surface area contributed by atoms with Gasteiger partial charge < -0.3 is 15.2 Å². The first-order valence-electron chi connectivity index (χ1n) is 15.3. The number of amides is 2. The largest absolute Gasteiger partial charge is 0.352 e. The van der Waals surface area contributed by atoms with Crippen molar-refractivity contribution >= 4 is 71.2 Å². The van der Waals surface area contributed by atoms with E-state index in [1.54, 1.807) is 24.3 Å². The zero-order valence-electron chi connectivity index (χ0n) is 25.2. The topological polar surface area (TPSA) is 165 Å². The maximum atomic E-state index is 14.1. The van der Waals surface area contributed by atoms with E-state index in [0.717, 1.165) is 50.6 Å². The summed E-state index contributed by atoms with van der Waals surface area (Å²) in [6.07, 6.45) is 0.910. The maximum Gasteiger partial charge on any atom is 0.264 e. The molecule has 0 saturated carbocycles. The zero-order chi connectivity index (χ0) is 32.6. The summed E-state index contributed by atoms with van der Waals surface area (Å²) >= 11 is 0. The predicted octanol–water partition coefficient (Wildman–Crippen LogP) is 4.12. The number of nitrogens with zero attached hydrogens (tertiary/aromatic N) is 4. The van der Waals surface area contributed by atoms with Crippen LogP contribution in [0.3, 0.4) is 0 Å². The van der Waals surface area contributed by atoms with E-state index in [-0.39, 0.29) is 24.4 Å². The van der Waals surface area contributed by atoms with Gasteiger partial charge in [0.1, 0.15) is 11.5 Å². The Morgan fingerprint density at radius 1 is 0.851 bits per heavy atom. The number of benzene rings is 4. The molecule has 236 valence electrons. The first-order valence-corrected chi connectivity index (χ1v) is 16.9. The van der Waals surface area contributed by atoms with Crippen LogP contribution in [0.25, 0.3) is 60.6 Å². The van der Waals surface area contributed by atoms with Gasteiger partial charge in [-0.2, -0.15) is 8.42 Å². The van der Waals surface area contributed by atoms with Crippen LogP contribution in [0, 0.1) is 0 Å². The Kier molecular flexibility index (Phi) is 6.53. The van der Waals surface area contributed by atoms with Gasteiger partial charge in [0, 0.05) is 45.9 Å². The summed E-state index contributed by atoms with van der Waals surface area (Å²) in [6.45, 7) is 3.19. The molecule has 12 nitrogen and oxygen atoms in total. The number of fused-ring (bicyclic) bond motifs is 8. The molecule has 47 heavy (non-hydrogen) atoms. The molecule has 0 spiro atoms. The van der Waals surface area contributed by atoms with E-state index in [1.165, 1.54) is 4.40 Å². The summed E-state index contributed by atoms with van der Waals surface area (Å²) in [5, 5.41) is 8.66. The second kappa shape index (κ2) is 10.6. The summed E-state index contributed by atoms with van der Waals surface area (Å²) in [5.41, 5.74) is 5.68. The number of nitrogens with one attached hydrogen (secondary N) is 2. The highest BCUT2D eigenvalue weighted by Gasteiger charge is 2.26. The van der Waals surface area contributed by atoms with Gasteiger partial charge in [-0.15, -0.1) is 0 Å². The van der Waals surface area contributed by atoms with Crippen LogP contribution in [0.5, 0.6) is 0 Å². The smallest absolute Gasteiger partial charge is 0.264 e. The molecular formula is C34H28N6O6S. The van der Waals surface area contributed by atoms with Crippen LogP contribution in [-0.4, -0.2) is 62.6 Å². The molecule has 8 rings (SSSR count). The molecule has 1 aliphatic heterocycles. The molecule has 0 bridgehead atoms. The van der Waals surface area contributed by atoms with Crippen molar-refractivity contribution in [1.82, 2.24) is 29.6 Å². The lowest BCUT2D eigenvalue weighted by atomic mass is 9.91. The van der Waals surface area contributed by atoms with Gasteiger partial charge >= 0.3 is 0 Å². The number of pyridine rings is 1. The number of hydrogen-bond acceptors (Lipinski definition) is 7. The van der Waals surface area contributed by atoms with E-state index in [0.29, 0.717) is 46.3 Å². The standard InChI is InChI=1S/C34H28N6O6S/c1-2-12-35-32(41)18-5-10-24-26(15-18)39-17-20-4-7-22-29-23(9-8-21(28(20)29)30(39)37-24)34(43)40-27-16-19(6-11-25(27)38-31(22)40)33(42)36-13-3-14-47(44,45)46/h4-11,15-16H,2-3,12-14,17H2,1H3,(H,35,41)(H,36,42)(H,44,45,46). The van der Waals surface area contributed by atoms with Crippen LogP contribution >= 0.6 is 0 Å². The quantitative estimate of drug-likeness (QED) is 0.164. The predicted molar refractivity (Wildman–Crippen MR) is 179 cm³/mol. The number of aromatic nitrogens is 4. The van der Waals surface area contributed by atoms with Gasteiger partial charge in [-0.25, -0.2) is 9.97 Å². The molecule has 3 aromatic heterocycles. The second-order valence-electron chi connectivity index (χ2n) is 11.8. The minimum atomic E-state index is -4.12. The van der Waals surface area contributed by atoms with Gasteiger partial charge in [-0.1, -0.05) is 19.1 Å². The lowest BCUT2D eigenvalue weighted by molar-refractivity contribution is 0.0945. The van der Waals surface area contributed by atoms with E-state index in [9.17, 15) is 22.8 Å². The van der Waals surface area contributed by atoms with Gasteiger partial charge in [-0.05, 0) is 72.3 Å². The summed E-state index contributed by atoms with van der Waals surface area (Å²) in [7, 11) is -4.12. The van der Waals surface area contributed by atoms with E-state index in [2.05, 4.69) is 15.2 Å². The zero-order valence-corrected chi connectivity index (χ0v) is 26.0.